The van der Waals surface area contributed by atoms with Gasteiger partial charge in [0.05, 0.1) is 13.2 Å². The zero-order valence-corrected chi connectivity index (χ0v) is 17.0. The van der Waals surface area contributed by atoms with Crippen molar-refractivity contribution in [3.63, 3.8) is 0 Å². The van der Waals surface area contributed by atoms with Gasteiger partial charge in [0.1, 0.15) is 6.54 Å². The molecule has 2 rings (SSSR count). The minimum Gasteiger partial charge on any atom is -0.379 e. The zero-order valence-electron chi connectivity index (χ0n) is 17.0. The van der Waals surface area contributed by atoms with E-state index >= 15 is 0 Å². The fourth-order valence-corrected chi connectivity index (χ4v) is 3.60. The molecule has 0 spiro atoms. The minimum atomic E-state index is 0.0195. The number of nitrogens with zero attached hydrogens (tertiary/aromatic N) is 3. The average molecular weight is 368 g/mol. The highest BCUT2D eigenvalue weighted by molar-refractivity contribution is 5.85. The first-order valence-corrected chi connectivity index (χ1v) is 10.0. The maximum absolute atomic E-state index is 11.9. The number of amides is 1. The van der Waals surface area contributed by atoms with Crippen LogP contribution in [0.3, 0.4) is 0 Å². The summed E-state index contributed by atoms with van der Waals surface area (Å²) < 4.78 is 5.49. The Kier molecular flexibility index (Phi) is 8.65. The van der Waals surface area contributed by atoms with Crippen LogP contribution in [-0.4, -0.2) is 87.2 Å². The molecule has 0 bridgehead atoms. The van der Waals surface area contributed by atoms with Crippen LogP contribution in [0.1, 0.15) is 39.5 Å². The molecule has 0 radical (unpaired) electrons. The van der Waals surface area contributed by atoms with E-state index in [-0.39, 0.29) is 12.5 Å². The number of carbonyl (C=O) groups is 1. The number of aliphatic imine (C=N–C) groups is 1. The van der Waals surface area contributed by atoms with Gasteiger partial charge in [0.15, 0.2) is 5.96 Å². The summed E-state index contributed by atoms with van der Waals surface area (Å²) in [6, 6.07) is 0.899. The third-order valence-corrected chi connectivity index (χ3v) is 5.33. The highest BCUT2D eigenvalue weighted by atomic mass is 16.5. The number of likely N-dealkylation sites (N-methyl/N-ethyl adjacent to an activating group) is 1. The molecule has 1 aliphatic heterocycles. The second-order valence-corrected chi connectivity index (χ2v) is 7.92. The van der Waals surface area contributed by atoms with E-state index in [0.717, 1.165) is 38.8 Å². The van der Waals surface area contributed by atoms with E-state index < -0.39 is 0 Å². The maximum Gasteiger partial charge on any atom is 0.243 e. The van der Waals surface area contributed by atoms with E-state index in [0.29, 0.717) is 18.0 Å². The van der Waals surface area contributed by atoms with Crippen molar-refractivity contribution in [2.75, 3.05) is 53.5 Å². The summed E-state index contributed by atoms with van der Waals surface area (Å²) >= 11 is 0. The van der Waals surface area contributed by atoms with Gasteiger partial charge in [-0.1, -0.05) is 26.7 Å². The Balaban J connectivity index is 1.96. The molecule has 1 saturated heterocycles. The highest BCUT2D eigenvalue weighted by Gasteiger charge is 2.24. The number of rotatable bonds is 7. The van der Waals surface area contributed by atoms with Gasteiger partial charge >= 0.3 is 0 Å². The predicted molar refractivity (Wildman–Crippen MR) is 105 cm³/mol. The molecule has 1 heterocycles. The van der Waals surface area contributed by atoms with E-state index in [1.807, 2.05) is 0 Å². The van der Waals surface area contributed by atoms with Crippen molar-refractivity contribution in [2.45, 2.75) is 51.6 Å². The third kappa shape index (κ3) is 6.76. The van der Waals surface area contributed by atoms with Gasteiger partial charge < -0.3 is 20.3 Å². The van der Waals surface area contributed by atoms with E-state index in [1.165, 1.54) is 25.7 Å². The lowest BCUT2D eigenvalue weighted by atomic mass is 10.0. The third-order valence-electron chi connectivity index (χ3n) is 5.33. The van der Waals surface area contributed by atoms with Crippen LogP contribution in [0.15, 0.2) is 4.99 Å². The van der Waals surface area contributed by atoms with Gasteiger partial charge in [-0.15, -0.1) is 0 Å². The fraction of sp³-hybridized carbons (Fsp3) is 0.895. The zero-order chi connectivity index (χ0) is 18.9. The molecule has 1 atom stereocenters. The first-order chi connectivity index (χ1) is 12.5. The van der Waals surface area contributed by atoms with Gasteiger partial charge in [-0.3, -0.25) is 9.69 Å². The Morgan fingerprint density at radius 2 is 1.88 bits per heavy atom. The molecular formula is C19H37N5O2. The Morgan fingerprint density at radius 1 is 1.23 bits per heavy atom. The Hall–Kier alpha value is -1.34. The maximum atomic E-state index is 11.9. The number of hydrogen-bond acceptors (Lipinski definition) is 4. The van der Waals surface area contributed by atoms with Crippen LogP contribution in [0.2, 0.25) is 0 Å². The van der Waals surface area contributed by atoms with Gasteiger partial charge in [-0.2, -0.15) is 0 Å². The first kappa shape index (κ1) is 21.0. The summed E-state index contributed by atoms with van der Waals surface area (Å²) in [7, 11) is 3.53. The average Bonchev–Trinajstić information content (AvgIpc) is 3.12. The molecule has 7 heteroatoms. The fourth-order valence-electron chi connectivity index (χ4n) is 3.60. The Labute approximate surface area is 158 Å². The van der Waals surface area contributed by atoms with Crippen molar-refractivity contribution in [1.29, 1.82) is 0 Å². The van der Waals surface area contributed by atoms with E-state index in [4.69, 9.17) is 4.74 Å². The summed E-state index contributed by atoms with van der Waals surface area (Å²) in [5.41, 5.74) is 0. The van der Waals surface area contributed by atoms with Gasteiger partial charge in [0.25, 0.3) is 0 Å². The minimum absolute atomic E-state index is 0.0195. The molecule has 1 aliphatic carbocycles. The second kappa shape index (κ2) is 10.7. The van der Waals surface area contributed by atoms with Crippen LogP contribution in [0, 0.1) is 5.92 Å². The summed E-state index contributed by atoms with van der Waals surface area (Å²) in [6.45, 7) is 9.10. The molecule has 2 N–H and O–H groups in total. The van der Waals surface area contributed by atoms with Crippen molar-refractivity contribution in [1.82, 2.24) is 20.4 Å². The van der Waals surface area contributed by atoms with Crippen molar-refractivity contribution >= 4 is 11.9 Å². The van der Waals surface area contributed by atoms with Crippen molar-refractivity contribution in [3.8, 4) is 0 Å². The summed E-state index contributed by atoms with van der Waals surface area (Å²) in [5.74, 6) is 1.33. The summed E-state index contributed by atoms with van der Waals surface area (Å²) in [5, 5.41) is 7.04. The van der Waals surface area contributed by atoms with Crippen LogP contribution in [0.4, 0.5) is 0 Å². The molecule has 1 unspecified atom stereocenters. The standard InChI is InChI=1S/C19H37N5O2/c1-15(2)17(24-9-11-26-12-10-24)13-20-19(21-14-18(25)23(3)4)22-16-7-5-6-8-16/h15-17H,5-14H2,1-4H3,(H2,20,21,22). The smallest absolute Gasteiger partial charge is 0.243 e. The van der Waals surface area contributed by atoms with Gasteiger partial charge in [0.2, 0.25) is 5.91 Å². The molecule has 2 fully saturated rings. The van der Waals surface area contributed by atoms with Gasteiger partial charge in [0, 0.05) is 45.8 Å². The van der Waals surface area contributed by atoms with Crippen LogP contribution in [-0.2, 0) is 9.53 Å². The number of hydrogen-bond donors (Lipinski definition) is 2. The van der Waals surface area contributed by atoms with E-state index in [9.17, 15) is 4.79 Å². The molecule has 0 aromatic heterocycles. The lowest BCUT2D eigenvalue weighted by molar-refractivity contribution is -0.127. The monoisotopic (exact) mass is 367 g/mol. The molecule has 0 aromatic rings. The van der Waals surface area contributed by atoms with Crippen LogP contribution >= 0.6 is 0 Å². The number of nitrogens with one attached hydrogen (secondary N) is 2. The lowest BCUT2D eigenvalue weighted by Gasteiger charge is -2.37. The molecule has 7 nitrogen and oxygen atoms in total. The summed E-state index contributed by atoms with van der Waals surface area (Å²) in [4.78, 5) is 20.5. The molecule has 2 aliphatic rings. The molecule has 0 aromatic carbocycles. The van der Waals surface area contributed by atoms with Crippen molar-refractivity contribution in [2.24, 2.45) is 10.9 Å². The SMILES string of the molecule is CC(C)C(CNC(=NCC(=O)N(C)C)NC1CCCC1)N1CCOCC1. The molecule has 150 valence electrons. The Bertz CT molecular complexity index is 455. The van der Waals surface area contributed by atoms with Crippen molar-refractivity contribution < 1.29 is 9.53 Å². The van der Waals surface area contributed by atoms with E-state index in [2.05, 4.69) is 34.4 Å². The predicted octanol–water partition coefficient (Wildman–Crippen LogP) is 0.909. The summed E-state index contributed by atoms with van der Waals surface area (Å²) in [6.07, 6.45) is 4.90. The number of ether oxygens (including phenoxy) is 1. The van der Waals surface area contributed by atoms with E-state index in [1.54, 1.807) is 19.0 Å². The molecular weight excluding hydrogens is 330 g/mol. The van der Waals surface area contributed by atoms with Crippen molar-refractivity contribution in [3.05, 3.63) is 0 Å². The van der Waals surface area contributed by atoms with Gasteiger partial charge in [-0.05, 0) is 18.8 Å². The highest BCUT2D eigenvalue weighted by Crippen LogP contribution is 2.17. The number of guanidine groups is 1. The number of morpholine rings is 1. The largest absolute Gasteiger partial charge is 0.379 e. The lowest BCUT2D eigenvalue weighted by Crippen LogP contribution is -2.53. The van der Waals surface area contributed by atoms with Gasteiger partial charge in [-0.25, -0.2) is 4.99 Å². The quantitative estimate of drug-likeness (QED) is 0.517. The molecule has 1 saturated carbocycles. The Morgan fingerprint density at radius 3 is 2.46 bits per heavy atom. The topological polar surface area (TPSA) is 69.2 Å². The van der Waals surface area contributed by atoms with Crippen LogP contribution in [0.5, 0.6) is 0 Å². The first-order valence-electron chi connectivity index (χ1n) is 10.0. The normalized spacial score (nSPS) is 21.0. The molecule has 26 heavy (non-hydrogen) atoms. The second-order valence-electron chi connectivity index (χ2n) is 7.92. The van der Waals surface area contributed by atoms with Crippen LogP contribution in [0.25, 0.3) is 0 Å². The number of carbonyl (C=O) groups excluding carboxylic acids is 1. The molecule has 1 amide bonds. The van der Waals surface area contributed by atoms with Crippen LogP contribution < -0.4 is 10.6 Å².